The van der Waals surface area contributed by atoms with Crippen LogP contribution in [0.15, 0.2) is 69.6 Å². The topological polar surface area (TPSA) is 160 Å². The quantitative estimate of drug-likeness (QED) is 0.319. The zero-order valence-electron chi connectivity index (χ0n) is 17.0. The summed E-state index contributed by atoms with van der Waals surface area (Å²) >= 11 is 1.21. The third-order valence-corrected chi connectivity index (χ3v) is 5.31. The maximum absolute atomic E-state index is 12.1. The molecule has 166 valence electrons. The van der Waals surface area contributed by atoms with Crippen LogP contribution in [0.1, 0.15) is 10.5 Å². The van der Waals surface area contributed by atoms with Crippen LogP contribution in [0.2, 0.25) is 0 Å². The van der Waals surface area contributed by atoms with Gasteiger partial charge in [-0.3, -0.25) is 24.9 Å². The number of benzene rings is 2. The average Bonchev–Trinajstić information content (AvgIpc) is 3.29. The number of nitrogens with two attached hydrogens (primary N) is 1. The van der Waals surface area contributed by atoms with E-state index in [4.69, 9.17) is 10.5 Å². The van der Waals surface area contributed by atoms with Gasteiger partial charge in [0.2, 0.25) is 0 Å². The molecule has 0 aliphatic heterocycles. The zero-order valence-corrected chi connectivity index (χ0v) is 17.8. The van der Waals surface area contributed by atoms with Crippen LogP contribution < -0.4 is 22.3 Å². The number of ether oxygens (including phenoxy) is 1. The second-order valence-electron chi connectivity index (χ2n) is 6.80. The molecule has 1 amide bonds. The summed E-state index contributed by atoms with van der Waals surface area (Å²) in [6.45, 7) is -0.659. The molecule has 0 bridgehead atoms. The SMILES string of the molecule is Nc1c(C(=O)OCC(=O)Nc2nc(-c3ccc(-c4ccccc4)cc3)cs2)[nH]c(=O)[nH]c1=O. The van der Waals surface area contributed by atoms with E-state index in [-0.39, 0.29) is 0 Å². The van der Waals surface area contributed by atoms with Crippen molar-refractivity contribution < 1.29 is 14.3 Å². The van der Waals surface area contributed by atoms with Gasteiger partial charge in [0.1, 0.15) is 5.69 Å². The van der Waals surface area contributed by atoms with Crippen LogP contribution in [-0.4, -0.2) is 33.4 Å². The highest BCUT2D eigenvalue weighted by Gasteiger charge is 2.17. The van der Waals surface area contributed by atoms with Crippen LogP contribution in [0, 0.1) is 0 Å². The van der Waals surface area contributed by atoms with E-state index in [9.17, 15) is 19.2 Å². The Kier molecular flexibility index (Phi) is 6.13. The first-order valence-electron chi connectivity index (χ1n) is 9.61. The molecule has 0 fully saturated rings. The van der Waals surface area contributed by atoms with Crippen molar-refractivity contribution in [3.05, 3.63) is 86.5 Å². The molecule has 0 aliphatic rings. The maximum atomic E-state index is 12.1. The molecule has 11 heteroatoms. The Morgan fingerprint density at radius 2 is 1.64 bits per heavy atom. The molecular formula is C22H17N5O5S. The number of aromatic nitrogens is 3. The van der Waals surface area contributed by atoms with E-state index in [1.807, 2.05) is 59.6 Å². The number of hydrogen-bond acceptors (Lipinski definition) is 8. The van der Waals surface area contributed by atoms with Gasteiger partial charge in [-0.2, -0.15) is 0 Å². The molecule has 0 aliphatic carbocycles. The summed E-state index contributed by atoms with van der Waals surface area (Å²) in [7, 11) is 0. The van der Waals surface area contributed by atoms with Crippen molar-refractivity contribution in [1.29, 1.82) is 0 Å². The first-order valence-corrected chi connectivity index (χ1v) is 10.5. The van der Waals surface area contributed by atoms with Gasteiger partial charge in [-0.15, -0.1) is 11.3 Å². The summed E-state index contributed by atoms with van der Waals surface area (Å²) in [6.07, 6.45) is 0. The summed E-state index contributed by atoms with van der Waals surface area (Å²) in [6, 6.07) is 17.8. The van der Waals surface area contributed by atoms with E-state index in [1.54, 1.807) is 5.38 Å². The molecule has 0 atom stereocenters. The van der Waals surface area contributed by atoms with Gasteiger partial charge in [0.25, 0.3) is 11.5 Å². The summed E-state index contributed by atoms with van der Waals surface area (Å²) < 4.78 is 4.82. The molecular weight excluding hydrogens is 446 g/mol. The predicted octanol–water partition coefficient (Wildman–Crippen LogP) is 2.23. The van der Waals surface area contributed by atoms with E-state index in [0.29, 0.717) is 10.8 Å². The van der Waals surface area contributed by atoms with E-state index in [2.05, 4.69) is 15.3 Å². The fraction of sp³-hybridized carbons (Fsp3) is 0.0455. The number of esters is 1. The van der Waals surface area contributed by atoms with Crippen molar-refractivity contribution >= 4 is 34.0 Å². The lowest BCUT2D eigenvalue weighted by Gasteiger charge is -2.06. The summed E-state index contributed by atoms with van der Waals surface area (Å²) in [5, 5.41) is 4.65. The zero-order chi connectivity index (χ0) is 23.4. The Balaban J connectivity index is 1.37. The van der Waals surface area contributed by atoms with Gasteiger partial charge < -0.3 is 10.5 Å². The van der Waals surface area contributed by atoms with Crippen LogP contribution in [0.4, 0.5) is 10.8 Å². The normalized spacial score (nSPS) is 10.5. The first-order chi connectivity index (χ1) is 15.9. The number of hydrogen-bond donors (Lipinski definition) is 4. The van der Waals surface area contributed by atoms with Gasteiger partial charge in [0, 0.05) is 10.9 Å². The Morgan fingerprint density at radius 3 is 2.36 bits per heavy atom. The molecule has 0 radical (unpaired) electrons. The van der Waals surface area contributed by atoms with Crippen molar-refractivity contribution in [1.82, 2.24) is 15.0 Å². The largest absolute Gasteiger partial charge is 0.451 e. The second kappa shape index (κ2) is 9.32. The van der Waals surface area contributed by atoms with Gasteiger partial charge in [-0.05, 0) is 11.1 Å². The number of anilines is 2. The summed E-state index contributed by atoms with van der Waals surface area (Å²) in [4.78, 5) is 55.2. The number of carbonyl (C=O) groups excluding carboxylic acids is 2. The number of carbonyl (C=O) groups is 2. The Morgan fingerprint density at radius 1 is 0.970 bits per heavy atom. The summed E-state index contributed by atoms with van der Waals surface area (Å²) in [5.74, 6) is -1.75. The lowest BCUT2D eigenvalue weighted by Crippen LogP contribution is -2.30. The van der Waals surface area contributed by atoms with Crippen molar-refractivity contribution in [3.63, 3.8) is 0 Å². The molecule has 0 saturated carbocycles. The number of thiazole rings is 1. The van der Waals surface area contributed by atoms with Gasteiger partial charge in [-0.25, -0.2) is 14.6 Å². The number of amides is 1. The molecule has 2 aromatic carbocycles. The van der Waals surface area contributed by atoms with Crippen molar-refractivity contribution in [3.8, 4) is 22.4 Å². The minimum atomic E-state index is -1.11. The molecule has 0 saturated heterocycles. The van der Waals surface area contributed by atoms with Crippen molar-refractivity contribution in [2.45, 2.75) is 0 Å². The fourth-order valence-corrected chi connectivity index (χ4v) is 3.68. The van der Waals surface area contributed by atoms with Gasteiger partial charge in [-0.1, -0.05) is 54.6 Å². The van der Waals surface area contributed by atoms with Gasteiger partial charge in [0.05, 0.1) is 5.69 Å². The van der Waals surface area contributed by atoms with E-state index >= 15 is 0 Å². The van der Waals surface area contributed by atoms with Crippen LogP contribution in [0.5, 0.6) is 0 Å². The highest BCUT2D eigenvalue weighted by Crippen LogP contribution is 2.27. The van der Waals surface area contributed by atoms with Crippen LogP contribution in [0.25, 0.3) is 22.4 Å². The van der Waals surface area contributed by atoms with E-state index in [0.717, 1.165) is 16.7 Å². The second-order valence-corrected chi connectivity index (χ2v) is 7.66. The van der Waals surface area contributed by atoms with E-state index < -0.39 is 41.1 Å². The molecule has 0 spiro atoms. The molecule has 2 aromatic heterocycles. The smallest absolute Gasteiger partial charge is 0.357 e. The number of aromatic amines is 2. The highest BCUT2D eigenvalue weighted by atomic mass is 32.1. The Hall–Kier alpha value is -4.51. The highest BCUT2D eigenvalue weighted by molar-refractivity contribution is 7.14. The monoisotopic (exact) mass is 463 g/mol. The average molecular weight is 463 g/mol. The molecule has 5 N–H and O–H groups in total. The lowest BCUT2D eigenvalue weighted by molar-refractivity contribution is -0.119. The number of nitrogens with zero attached hydrogens (tertiary/aromatic N) is 1. The molecule has 2 heterocycles. The molecule has 10 nitrogen and oxygen atoms in total. The molecule has 4 aromatic rings. The third kappa shape index (κ3) is 5.05. The number of H-pyrrole nitrogens is 2. The van der Waals surface area contributed by atoms with Crippen LogP contribution >= 0.6 is 11.3 Å². The Bertz CT molecular complexity index is 1420. The van der Waals surface area contributed by atoms with Crippen LogP contribution in [0.3, 0.4) is 0 Å². The van der Waals surface area contributed by atoms with Crippen molar-refractivity contribution in [2.24, 2.45) is 0 Å². The lowest BCUT2D eigenvalue weighted by atomic mass is 10.0. The Labute approximate surface area is 190 Å². The van der Waals surface area contributed by atoms with Crippen LogP contribution in [-0.2, 0) is 9.53 Å². The summed E-state index contributed by atoms with van der Waals surface area (Å²) in [5.41, 5.74) is 6.33. The predicted molar refractivity (Wildman–Crippen MR) is 124 cm³/mol. The molecule has 33 heavy (non-hydrogen) atoms. The third-order valence-electron chi connectivity index (χ3n) is 4.56. The number of rotatable bonds is 6. The molecule has 0 unspecified atom stereocenters. The minimum Gasteiger partial charge on any atom is -0.451 e. The number of nitrogen functional groups attached to an aromatic ring is 1. The fourth-order valence-electron chi connectivity index (χ4n) is 2.94. The van der Waals surface area contributed by atoms with E-state index in [1.165, 1.54) is 11.3 Å². The van der Waals surface area contributed by atoms with Gasteiger partial charge >= 0.3 is 11.7 Å². The first kappa shape index (κ1) is 21.7. The molecule has 4 rings (SSSR count). The minimum absolute atomic E-state index is 0.322. The van der Waals surface area contributed by atoms with Gasteiger partial charge in [0.15, 0.2) is 17.4 Å². The van der Waals surface area contributed by atoms with Crippen molar-refractivity contribution in [2.75, 3.05) is 17.7 Å². The number of nitrogens with one attached hydrogen (secondary N) is 3. The standard InChI is InChI=1S/C22H17N5O5S/c23-17-18(26-21(31)27-19(17)29)20(30)32-10-16(28)25-22-24-15(11-33-22)14-8-6-13(7-9-14)12-4-2-1-3-5-12/h1-9,11H,10,23H2,(H,24,25,28)(H2,26,27,29,31). The maximum Gasteiger partial charge on any atom is 0.357 e.